The lowest BCUT2D eigenvalue weighted by Crippen LogP contribution is -2.47. The number of hydrogen-bond donors (Lipinski definition) is 1. The zero-order valence-electron chi connectivity index (χ0n) is 9.31. The molecule has 1 heterocycles. The highest BCUT2D eigenvalue weighted by molar-refractivity contribution is 7.81. The highest BCUT2D eigenvalue weighted by Gasteiger charge is 2.62. The molecule has 0 aromatic heterocycles. The van der Waals surface area contributed by atoms with E-state index in [1.165, 1.54) is 24.0 Å². The van der Waals surface area contributed by atoms with Gasteiger partial charge in [0.05, 0.1) is 6.21 Å². The Morgan fingerprint density at radius 1 is 1.24 bits per heavy atom. The Balaban J connectivity index is 2.00. The van der Waals surface area contributed by atoms with Gasteiger partial charge in [-0.1, -0.05) is 48.6 Å². The van der Waals surface area contributed by atoms with Crippen LogP contribution in [0.2, 0.25) is 0 Å². The van der Waals surface area contributed by atoms with Gasteiger partial charge in [-0.3, -0.25) is 4.99 Å². The fraction of sp³-hybridized carbons (Fsp3) is 0.286. The second-order valence-corrected chi connectivity index (χ2v) is 5.47. The van der Waals surface area contributed by atoms with E-state index in [1.807, 2.05) is 0 Å². The number of rotatable bonds is 0. The van der Waals surface area contributed by atoms with Gasteiger partial charge in [0.2, 0.25) is 0 Å². The summed E-state index contributed by atoms with van der Waals surface area (Å²) >= 11 is 5.25. The number of nitrogens with one attached hydrogen (secondary N) is 1. The first kappa shape index (κ1) is 9.54. The van der Waals surface area contributed by atoms with E-state index in [-0.39, 0.29) is 11.1 Å². The van der Waals surface area contributed by atoms with Crippen molar-refractivity contribution in [1.82, 2.24) is 5.32 Å². The smallest absolute Gasteiger partial charge is 0.166 e. The molecule has 4 rings (SSSR count). The molecule has 0 amide bonds. The molecule has 2 aliphatic carbocycles. The van der Waals surface area contributed by atoms with Crippen molar-refractivity contribution in [3.8, 4) is 0 Å². The summed E-state index contributed by atoms with van der Waals surface area (Å²) in [5, 5.41) is 3.44. The van der Waals surface area contributed by atoms with Crippen LogP contribution >= 0.6 is 12.2 Å². The fourth-order valence-electron chi connectivity index (χ4n) is 3.06. The van der Waals surface area contributed by atoms with Gasteiger partial charge in [-0.25, -0.2) is 0 Å². The average Bonchev–Trinajstić information content (AvgIpc) is 3.04. The van der Waals surface area contributed by atoms with Crippen molar-refractivity contribution < 1.29 is 0 Å². The molecule has 1 N–H and O–H groups in total. The third-order valence-electron chi connectivity index (χ3n) is 4.12. The molecule has 1 aromatic carbocycles. The van der Waals surface area contributed by atoms with Crippen molar-refractivity contribution in [3.05, 3.63) is 41.5 Å². The summed E-state index contributed by atoms with van der Waals surface area (Å²) in [5.41, 5.74) is 2.34. The molecule has 0 saturated heterocycles. The minimum atomic E-state index is -0.324. The largest absolute Gasteiger partial charge is 0.347 e. The normalized spacial score (nSPS) is 30.7. The van der Waals surface area contributed by atoms with Crippen LogP contribution in [0.3, 0.4) is 0 Å². The van der Waals surface area contributed by atoms with E-state index in [4.69, 9.17) is 17.2 Å². The predicted molar refractivity (Wildman–Crippen MR) is 73.0 cm³/mol. The van der Waals surface area contributed by atoms with E-state index in [2.05, 4.69) is 41.7 Å². The maximum absolute atomic E-state index is 5.25. The Kier molecular flexibility index (Phi) is 1.60. The molecule has 1 aliphatic heterocycles. The van der Waals surface area contributed by atoms with Crippen LogP contribution in [0.15, 0.2) is 35.3 Å². The molecule has 0 radical (unpaired) electrons. The summed E-state index contributed by atoms with van der Waals surface area (Å²) in [6.07, 6.45) is 8.71. The number of benzene rings is 1. The molecule has 3 heteroatoms. The van der Waals surface area contributed by atoms with Crippen molar-refractivity contribution in [2.24, 2.45) is 10.4 Å². The maximum Gasteiger partial charge on any atom is 0.166 e. The number of nitrogens with zero attached hydrogens (tertiary/aromatic N) is 1. The van der Waals surface area contributed by atoms with Crippen LogP contribution in [0, 0.1) is 5.41 Å². The first-order chi connectivity index (χ1) is 8.26. The third-order valence-corrected chi connectivity index (χ3v) is 4.33. The average molecular weight is 240 g/mol. The van der Waals surface area contributed by atoms with Gasteiger partial charge >= 0.3 is 0 Å². The summed E-state index contributed by atoms with van der Waals surface area (Å²) in [4.78, 5) is 5.49. The number of thiocarbonyl (C=S) groups is 1. The molecule has 84 valence electrons. The van der Waals surface area contributed by atoms with E-state index in [1.54, 1.807) is 6.21 Å². The van der Waals surface area contributed by atoms with Crippen molar-refractivity contribution in [3.63, 3.8) is 0 Å². The molecule has 1 fully saturated rings. The van der Waals surface area contributed by atoms with Gasteiger partial charge in [0.1, 0.15) is 4.99 Å². The van der Waals surface area contributed by atoms with E-state index in [9.17, 15) is 0 Å². The first-order valence-corrected chi connectivity index (χ1v) is 6.33. The number of fused-ring (bicyclic) bond motifs is 3. The Hall–Kier alpha value is -1.48. The molecule has 1 saturated carbocycles. The van der Waals surface area contributed by atoms with Crippen LogP contribution in [0.4, 0.5) is 0 Å². The van der Waals surface area contributed by atoms with Crippen LogP contribution in [0.25, 0.3) is 6.08 Å². The summed E-state index contributed by atoms with van der Waals surface area (Å²) in [6, 6.07) is 8.45. The van der Waals surface area contributed by atoms with E-state index >= 15 is 0 Å². The van der Waals surface area contributed by atoms with Crippen LogP contribution in [0.5, 0.6) is 0 Å². The van der Waals surface area contributed by atoms with E-state index in [0.717, 1.165) is 4.99 Å². The standard InChI is InChI=1S/C14H12N2S/c17-12-9-15-14(16-12)11-4-2-1-3-10(11)5-6-13(14)7-8-13/h1-6,9H,7-8H2,(H,16,17). The second kappa shape index (κ2) is 2.85. The van der Waals surface area contributed by atoms with Gasteiger partial charge in [0.25, 0.3) is 0 Å². The van der Waals surface area contributed by atoms with Gasteiger partial charge < -0.3 is 5.32 Å². The Bertz CT molecular complexity index is 584. The zero-order chi connectivity index (χ0) is 11.5. The first-order valence-electron chi connectivity index (χ1n) is 5.92. The second-order valence-electron chi connectivity index (χ2n) is 5.03. The summed E-state index contributed by atoms with van der Waals surface area (Å²) in [5.74, 6) is 0. The van der Waals surface area contributed by atoms with Crippen molar-refractivity contribution >= 4 is 29.5 Å². The van der Waals surface area contributed by atoms with E-state index in [0.29, 0.717) is 0 Å². The molecular formula is C14H12N2S. The monoisotopic (exact) mass is 240 g/mol. The zero-order valence-corrected chi connectivity index (χ0v) is 10.1. The van der Waals surface area contributed by atoms with Crippen LogP contribution in [-0.4, -0.2) is 11.2 Å². The van der Waals surface area contributed by atoms with Crippen molar-refractivity contribution in [1.29, 1.82) is 0 Å². The van der Waals surface area contributed by atoms with Gasteiger partial charge in [0, 0.05) is 11.0 Å². The Labute approximate surface area is 105 Å². The third kappa shape index (κ3) is 1.05. The molecule has 1 unspecified atom stereocenters. The fourth-order valence-corrected chi connectivity index (χ4v) is 3.26. The molecular weight excluding hydrogens is 228 g/mol. The van der Waals surface area contributed by atoms with Gasteiger partial charge in [-0.05, 0) is 18.4 Å². The van der Waals surface area contributed by atoms with Crippen molar-refractivity contribution in [2.45, 2.75) is 18.5 Å². The number of aliphatic imine (C=N–C) groups is 1. The van der Waals surface area contributed by atoms with Crippen LogP contribution < -0.4 is 5.32 Å². The SMILES string of the molecule is S=C1C=NC2(N1)c1ccccc1C=CC21CC1. The highest BCUT2D eigenvalue weighted by Crippen LogP contribution is 2.63. The summed E-state index contributed by atoms with van der Waals surface area (Å²) in [6.45, 7) is 0. The molecule has 17 heavy (non-hydrogen) atoms. The topological polar surface area (TPSA) is 24.4 Å². The molecule has 2 nitrogen and oxygen atoms in total. The van der Waals surface area contributed by atoms with Gasteiger partial charge in [-0.2, -0.15) is 0 Å². The van der Waals surface area contributed by atoms with Gasteiger partial charge in [0.15, 0.2) is 5.66 Å². The molecule has 2 spiro atoms. The van der Waals surface area contributed by atoms with Crippen molar-refractivity contribution in [2.75, 3.05) is 0 Å². The van der Waals surface area contributed by atoms with Gasteiger partial charge in [-0.15, -0.1) is 0 Å². The lowest BCUT2D eigenvalue weighted by atomic mass is 9.77. The lowest BCUT2D eigenvalue weighted by molar-refractivity contribution is 0.290. The van der Waals surface area contributed by atoms with Crippen LogP contribution in [-0.2, 0) is 5.66 Å². The van der Waals surface area contributed by atoms with Crippen LogP contribution in [0.1, 0.15) is 24.0 Å². The predicted octanol–water partition coefficient (Wildman–Crippen LogP) is 2.65. The number of hydrogen-bond acceptors (Lipinski definition) is 2. The summed E-state index contributed by atoms with van der Waals surface area (Å²) < 4.78 is 0. The minimum Gasteiger partial charge on any atom is -0.347 e. The Morgan fingerprint density at radius 2 is 2.06 bits per heavy atom. The van der Waals surface area contributed by atoms with E-state index < -0.39 is 0 Å². The highest BCUT2D eigenvalue weighted by atomic mass is 32.1. The lowest BCUT2D eigenvalue weighted by Gasteiger charge is -2.38. The Morgan fingerprint density at radius 3 is 2.76 bits per heavy atom. The molecule has 3 aliphatic rings. The summed E-state index contributed by atoms with van der Waals surface area (Å²) in [7, 11) is 0. The quantitative estimate of drug-likeness (QED) is 0.705. The maximum atomic E-state index is 5.25. The molecule has 1 atom stereocenters. The minimum absolute atomic E-state index is 0.151. The molecule has 0 bridgehead atoms. The molecule has 1 aromatic rings.